The molecular weight excluding hydrogens is 438 g/mol. The van der Waals surface area contributed by atoms with E-state index in [4.69, 9.17) is 0 Å². The van der Waals surface area contributed by atoms with E-state index in [1.54, 1.807) is 18.6 Å². The summed E-state index contributed by atoms with van der Waals surface area (Å²) < 4.78 is 0. The van der Waals surface area contributed by atoms with Crippen LogP contribution in [0.5, 0.6) is 0 Å². The van der Waals surface area contributed by atoms with Crippen LogP contribution in [0.4, 0.5) is 4.79 Å². The number of fused-ring (bicyclic) bond motifs is 1. The third-order valence-electron chi connectivity index (χ3n) is 4.77. The standard InChI is InChI=1S/C20H19N5O4S2/c26-17-15(24-20(29)23-8-12-4-2-1-3-5-12)18-25(17)16(19(27)28)13(11-31-18)10-30-14-9-21-6-7-22-14/h1-7,9,15,18H,8,10-11H2,(H,27,28)(H2,23,24,29)/t15?,18-/m1/s1. The second kappa shape index (κ2) is 9.40. The lowest BCUT2D eigenvalue weighted by atomic mass is 10.0. The van der Waals surface area contributed by atoms with Crippen LogP contribution in [-0.4, -0.2) is 60.8 Å². The van der Waals surface area contributed by atoms with Crippen LogP contribution < -0.4 is 10.6 Å². The van der Waals surface area contributed by atoms with Crippen LogP contribution in [0.3, 0.4) is 0 Å². The molecule has 4 rings (SSSR count). The average molecular weight is 458 g/mol. The first-order chi connectivity index (χ1) is 15.0. The SMILES string of the molecule is O=C(NCc1ccccc1)NC1C(=O)N2C(C(=O)O)=C(CSc3cnccn3)CS[C@H]12. The molecule has 1 fully saturated rings. The van der Waals surface area contributed by atoms with Crippen molar-refractivity contribution in [1.29, 1.82) is 0 Å². The second-order valence-electron chi connectivity index (χ2n) is 6.79. The van der Waals surface area contributed by atoms with Crippen molar-refractivity contribution in [2.24, 2.45) is 0 Å². The van der Waals surface area contributed by atoms with Gasteiger partial charge in [0.1, 0.15) is 22.1 Å². The summed E-state index contributed by atoms with van der Waals surface area (Å²) in [5.74, 6) is -0.737. The van der Waals surface area contributed by atoms with Gasteiger partial charge >= 0.3 is 12.0 Å². The number of carboxylic acids is 1. The number of thioether (sulfide) groups is 2. The van der Waals surface area contributed by atoms with Gasteiger partial charge in [-0.15, -0.1) is 23.5 Å². The molecule has 3 heterocycles. The molecule has 0 saturated carbocycles. The predicted molar refractivity (Wildman–Crippen MR) is 116 cm³/mol. The summed E-state index contributed by atoms with van der Waals surface area (Å²) in [6.45, 7) is 0.332. The summed E-state index contributed by atoms with van der Waals surface area (Å²) in [5, 5.41) is 15.4. The van der Waals surface area contributed by atoms with Crippen LogP contribution in [0.15, 0.2) is 65.2 Å². The Morgan fingerprint density at radius 3 is 2.77 bits per heavy atom. The van der Waals surface area contributed by atoms with Gasteiger partial charge in [-0.05, 0) is 11.1 Å². The lowest BCUT2D eigenvalue weighted by Gasteiger charge is -2.49. The van der Waals surface area contributed by atoms with Gasteiger partial charge in [-0.25, -0.2) is 14.6 Å². The number of benzene rings is 1. The zero-order valence-corrected chi connectivity index (χ0v) is 17.9. The van der Waals surface area contributed by atoms with Crippen molar-refractivity contribution < 1.29 is 19.5 Å². The Labute approximate surface area is 186 Å². The molecule has 2 aromatic rings. The molecule has 9 nitrogen and oxygen atoms in total. The highest BCUT2D eigenvalue weighted by Crippen LogP contribution is 2.41. The number of hydrogen-bond acceptors (Lipinski definition) is 7. The van der Waals surface area contributed by atoms with E-state index in [2.05, 4.69) is 20.6 Å². The summed E-state index contributed by atoms with van der Waals surface area (Å²) in [5.41, 5.74) is 1.57. The van der Waals surface area contributed by atoms with Crippen molar-refractivity contribution in [2.45, 2.75) is 23.0 Å². The first-order valence-electron chi connectivity index (χ1n) is 9.41. The largest absolute Gasteiger partial charge is 0.477 e. The van der Waals surface area contributed by atoms with Gasteiger partial charge in [0.25, 0.3) is 5.91 Å². The van der Waals surface area contributed by atoms with E-state index in [0.29, 0.717) is 28.6 Å². The van der Waals surface area contributed by atoms with E-state index in [1.165, 1.54) is 28.4 Å². The van der Waals surface area contributed by atoms with E-state index in [9.17, 15) is 19.5 Å². The Kier molecular flexibility index (Phi) is 6.42. The summed E-state index contributed by atoms with van der Waals surface area (Å²) in [4.78, 5) is 46.2. The van der Waals surface area contributed by atoms with Crippen LogP contribution in [0.2, 0.25) is 0 Å². The molecule has 2 aliphatic rings. The highest BCUT2D eigenvalue weighted by atomic mass is 32.2. The summed E-state index contributed by atoms with van der Waals surface area (Å²) in [6, 6.07) is 8.19. The van der Waals surface area contributed by atoms with Gasteiger partial charge in [-0.3, -0.25) is 14.7 Å². The molecule has 31 heavy (non-hydrogen) atoms. The number of carboxylic acid groups (broad SMARTS) is 1. The molecule has 1 aromatic carbocycles. The molecule has 160 valence electrons. The molecule has 0 aliphatic carbocycles. The highest BCUT2D eigenvalue weighted by molar-refractivity contribution is 8.01. The number of aromatic nitrogens is 2. The van der Waals surface area contributed by atoms with Gasteiger partial charge in [0, 0.05) is 30.4 Å². The van der Waals surface area contributed by atoms with Crippen molar-refractivity contribution in [3.63, 3.8) is 0 Å². The van der Waals surface area contributed by atoms with Gasteiger partial charge in [0.2, 0.25) is 0 Å². The molecule has 3 N–H and O–H groups in total. The van der Waals surface area contributed by atoms with Crippen LogP contribution in [0.25, 0.3) is 0 Å². The summed E-state index contributed by atoms with van der Waals surface area (Å²) in [7, 11) is 0. The van der Waals surface area contributed by atoms with E-state index >= 15 is 0 Å². The van der Waals surface area contributed by atoms with E-state index in [0.717, 1.165) is 5.56 Å². The van der Waals surface area contributed by atoms with Gasteiger partial charge in [-0.2, -0.15) is 0 Å². The maximum atomic E-state index is 12.7. The molecular formula is C20H19N5O4S2. The van der Waals surface area contributed by atoms with E-state index < -0.39 is 29.3 Å². The average Bonchev–Trinajstić information content (AvgIpc) is 2.80. The van der Waals surface area contributed by atoms with Crippen molar-refractivity contribution in [3.8, 4) is 0 Å². The van der Waals surface area contributed by atoms with Gasteiger partial charge in [0.15, 0.2) is 0 Å². The molecule has 2 aliphatic heterocycles. The topological polar surface area (TPSA) is 125 Å². The van der Waals surface area contributed by atoms with Crippen LogP contribution >= 0.6 is 23.5 Å². The van der Waals surface area contributed by atoms with Gasteiger partial charge in [0.05, 0.1) is 6.20 Å². The Balaban J connectivity index is 1.38. The Bertz CT molecular complexity index is 1020. The normalized spacial score (nSPS) is 20.0. The monoisotopic (exact) mass is 457 g/mol. The number of urea groups is 1. The van der Waals surface area contributed by atoms with Crippen LogP contribution in [0, 0.1) is 0 Å². The summed E-state index contributed by atoms with van der Waals surface area (Å²) in [6.07, 6.45) is 4.74. The van der Waals surface area contributed by atoms with Crippen molar-refractivity contribution in [3.05, 3.63) is 65.8 Å². The molecule has 0 radical (unpaired) electrons. The fourth-order valence-electron chi connectivity index (χ4n) is 3.29. The second-order valence-corrected chi connectivity index (χ2v) is 8.89. The summed E-state index contributed by atoms with van der Waals surface area (Å²) >= 11 is 2.80. The molecule has 0 bridgehead atoms. The number of carbonyl (C=O) groups is 3. The van der Waals surface area contributed by atoms with E-state index in [-0.39, 0.29) is 5.70 Å². The molecule has 1 saturated heterocycles. The molecule has 11 heteroatoms. The maximum absolute atomic E-state index is 12.7. The predicted octanol–water partition coefficient (Wildman–Crippen LogP) is 1.69. The fourth-order valence-corrected chi connectivity index (χ4v) is 5.59. The van der Waals surface area contributed by atoms with Crippen molar-refractivity contribution >= 4 is 41.4 Å². The third kappa shape index (κ3) is 4.67. The Morgan fingerprint density at radius 1 is 1.26 bits per heavy atom. The Morgan fingerprint density at radius 2 is 2.06 bits per heavy atom. The number of nitrogens with zero attached hydrogens (tertiary/aromatic N) is 3. The lowest BCUT2D eigenvalue weighted by molar-refractivity contribution is -0.148. The fraction of sp³-hybridized carbons (Fsp3) is 0.250. The minimum atomic E-state index is -1.15. The van der Waals surface area contributed by atoms with E-state index in [1.807, 2.05) is 30.3 Å². The molecule has 0 spiro atoms. The van der Waals surface area contributed by atoms with Crippen molar-refractivity contribution in [1.82, 2.24) is 25.5 Å². The van der Waals surface area contributed by atoms with Crippen molar-refractivity contribution in [2.75, 3.05) is 11.5 Å². The number of nitrogens with one attached hydrogen (secondary N) is 2. The number of carbonyl (C=O) groups excluding carboxylic acids is 2. The minimum Gasteiger partial charge on any atom is -0.477 e. The number of β-lactam (4-membered cyclic amide) rings is 1. The number of rotatable bonds is 7. The number of amides is 3. The van der Waals surface area contributed by atoms with Gasteiger partial charge < -0.3 is 15.7 Å². The Hall–Kier alpha value is -3.05. The first-order valence-corrected chi connectivity index (χ1v) is 11.4. The molecule has 2 atom stereocenters. The first kappa shape index (κ1) is 21.2. The molecule has 1 unspecified atom stereocenters. The van der Waals surface area contributed by atoms with Gasteiger partial charge in [-0.1, -0.05) is 30.3 Å². The highest BCUT2D eigenvalue weighted by Gasteiger charge is 2.54. The quantitative estimate of drug-likeness (QED) is 0.424. The maximum Gasteiger partial charge on any atom is 0.352 e. The lowest BCUT2D eigenvalue weighted by Crippen LogP contribution is -2.71. The minimum absolute atomic E-state index is 0.00659. The number of hydrogen-bond donors (Lipinski definition) is 3. The number of aliphatic carboxylic acids is 1. The van der Waals surface area contributed by atoms with Crippen LogP contribution in [0.1, 0.15) is 5.56 Å². The smallest absolute Gasteiger partial charge is 0.352 e. The molecule has 3 amide bonds. The third-order valence-corrected chi connectivity index (χ3v) is 7.11. The zero-order chi connectivity index (χ0) is 21.8. The molecule has 1 aromatic heterocycles. The zero-order valence-electron chi connectivity index (χ0n) is 16.2. The van der Waals surface area contributed by atoms with Crippen LogP contribution in [-0.2, 0) is 16.1 Å².